The molecule has 1 fully saturated rings. The monoisotopic (exact) mass is 406 g/mol. The van der Waals surface area contributed by atoms with E-state index in [9.17, 15) is 9.59 Å². The summed E-state index contributed by atoms with van der Waals surface area (Å²) in [5.74, 6) is 0.133. The van der Waals surface area contributed by atoms with Gasteiger partial charge in [0.05, 0.1) is 17.9 Å². The number of aryl methyl sites for hydroxylation is 1. The summed E-state index contributed by atoms with van der Waals surface area (Å²) in [6.07, 6.45) is 3.57. The van der Waals surface area contributed by atoms with E-state index >= 15 is 0 Å². The molecular formula is C24H30N4O2. The van der Waals surface area contributed by atoms with Crippen LogP contribution in [0.2, 0.25) is 0 Å². The van der Waals surface area contributed by atoms with Crippen LogP contribution < -0.4 is 5.56 Å². The standard InChI is InChI=1S/C24H30N4O2/c1-17-15-21(22(29)16-26-13-9-6-10-14-26)18(2)27(17)23-19(3)25(4)28(24(23)30)20-11-7-5-8-12-20/h5,7-8,11-12,15H,6,9-10,13-14,16H2,1-4H3. The summed E-state index contributed by atoms with van der Waals surface area (Å²) < 4.78 is 5.50. The molecule has 0 spiro atoms. The van der Waals surface area contributed by atoms with Crippen molar-refractivity contribution in [3.63, 3.8) is 0 Å². The summed E-state index contributed by atoms with van der Waals surface area (Å²) in [7, 11) is 1.89. The second kappa shape index (κ2) is 8.11. The lowest BCUT2D eigenvalue weighted by atomic mass is 10.1. The highest BCUT2D eigenvalue weighted by Crippen LogP contribution is 2.23. The zero-order chi connectivity index (χ0) is 21.4. The van der Waals surface area contributed by atoms with Gasteiger partial charge in [-0.25, -0.2) is 4.68 Å². The molecule has 6 heteroatoms. The smallest absolute Gasteiger partial charge is 0.295 e. The summed E-state index contributed by atoms with van der Waals surface area (Å²) in [6.45, 7) is 8.28. The molecule has 0 radical (unpaired) electrons. The number of hydrogen-bond donors (Lipinski definition) is 0. The predicted molar refractivity (Wildman–Crippen MR) is 119 cm³/mol. The van der Waals surface area contributed by atoms with Crippen LogP contribution in [-0.2, 0) is 7.05 Å². The molecule has 1 aliphatic rings. The van der Waals surface area contributed by atoms with Crippen molar-refractivity contribution in [3.05, 3.63) is 69.4 Å². The summed E-state index contributed by atoms with van der Waals surface area (Å²) >= 11 is 0. The number of likely N-dealkylation sites (tertiary alicyclic amines) is 1. The van der Waals surface area contributed by atoms with Crippen molar-refractivity contribution in [2.75, 3.05) is 19.6 Å². The molecule has 0 amide bonds. The van der Waals surface area contributed by atoms with Crippen molar-refractivity contribution >= 4 is 5.78 Å². The Balaban J connectivity index is 1.75. The maximum Gasteiger partial charge on any atom is 0.295 e. The average molecular weight is 407 g/mol. The fraction of sp³-hybridized carbons (Fsp3) is 0.417. The predicted octanol–water partition coefficient (Wildman–Crippen LogP) is 3.56. The van der Waals surface area contributed by atoms with E-state index in [4.69, 9.17) is 0 Å². The van der Waals surface area contributed by atoms with Gasteiger partial charge in [0.2, 0.25) is 0 Å². The number of nitrogens with zero attached hydrogens (tertiary/aromatic N) is 4. The van der Waals surface area contributed by atoms with Gasteiger partial charge in [-0.2, -0.15) is 0 Å². The molecule has 0 bridgehead atoms. The minimum absolute atomic E-state index is 0.0852. The van der Waals surface area contributed by atoms with Gasteiger partial charge >= 0.3 is 0 Å². The molecule has 6 nitrogen and oxygen atoms in total. The van der Waals surface area contributed by atoms with E-state index < -0.39 is 0 Å². The molecule has 1 aromatic carbocycles. The molecule has 4 rings (SSSR count). The summed E-state index contributed by atoms with van der Waals surface area (Å²) in [6, 6.07) is 11.6. The van der Waals surface area contributed by atoms with Crippen molar-refractivity contribution in [1.29, 1.82) is 0 Å². The van der Waals surface area contributed by atoms with E-state index in [1.807, 2.05) is 73.5 Å². The zero-order valence-corrected chi connectivity index (χ0v) is 18.3. The molecule has 1 saturated heterocycles. The third-order valence-corrected chi connectivity index (χ3v) is 6.29. The summed E-state index contributed by atoms with van der Waals surface area (Å²) in [4.78, 5) is 28.7. The lowest BCUT2D eigenvalue weighted by Crippen LogP contribution is -2.34. The van der Waals surface area contributed by atoms with Crippen LogP contribution in [0.15, 0.2) is 41.2 Å². The molecule has 3 aromatic rings. The lowest BCUT2D eigenvalue weighted by molar-refractivity contribution is 0.0915. The highest BCUT2D eigenvalue weighted by molar-refractivity contribution is 5.99. The molecule has 2 aromatic heterocycles. The van der Waals surface area contributed by atoms with Gasteiger partial charge in [-0.1, -0.05) is 24.6 Å². The van der Waals surface area contributed by atoms with E-state index in [0.717, 1.165) is 48.7 Å². The maximum atomic E-state index is 13.4. The number of rotatable bonds is 5. The summed E-state index contributed by atoms with van der Waals surface area (Å²) in [5.41, 5.74) is 4.66. The Morgan fingerprint density at radius 1 is 0.967 bits per heavy atom. The Hall–Kier alpha value is -2.86. The lowest BCUT2D eigenvalue weighted by Gasteiger charge is -2.25. The molecule has 0 N–H and O–H groups in total. The molecule has 0 saturated carbocycles. The fourth-order valence-electron chi connectivity index (χ4n) is 4.61. The van der Waals surface area contributed by atoms with Crippen LogP contribution in [-0.4, -0.2) is 44.2 Å². The highest BCUT2D eigenvalue weighted by Gasteiger charge is 2.24. The van der Waals surface area contributed by atoms with Crippen LogP contribution in [0.25, 0.3) is 11.4 Å². The van der Waals surface area contributed by atoms with Gasteiger partial charge in [0.15, 0.2) is 5.78 Å². The Kier molecular flexibility index (Phi) is 5.52. The Morgan fingerprint density at radius 3 is 2.30 bits per heavy atom. The van der Waals surface area contributed by atoms with Gasteiger partial charge in [0.1, 0.15) is 5.69 Å². The third kappa shape index (κ3) is 3.45. The second-order valence-electron chi connectivity index (χ2n) is 8.29. The zero-order valence-electron chi connectivity index (χ0n) is 18.3. The molecule has 0 aliphatic carbocycles. The van der Waals surface area contributed by atoms with Gasteiger partial charge in [-0.05, 0) is 64.9 Å². The van der Waals surface area contributed by atoms with Gasteiger partial charge in [0, 0.05) is 24.0 Å². The van der Waals surface area contributed by atoms with E-state index in [1.165, 1.54) is 6.42 Å². The van der Waals surface area contributed by atoms with Crippen molar-refractivity contribution in [2.45, 2.75) is 40.0 Å². The topological polar surface area (TPSA) is 52.2 Å². The number of carbonyl (C=O) groups excluding carboxylic acids is 1. The number of para-hydroxylation sites is 1. The van der Waals surface area contributed by atoms with Crippen LogP contribution in [0.4, 0.5) is 0 Å². The largest absolute Gasteiger partial charge is 0.311 e. The first-order chi connectivity index (χ1) is 14.4. The van der Waals surface area contributed by atoms with Crippen LogP contribution in [0.5, 0.6) is 0 Å². The van der Waals surface area contributed by atoms with E-state index in [2.05, 4.69) is 4.90 Å². The quantitative estimate of drug-likeness (QED) is 0.609. The molecule has 158 valence electrons. The van der Waals surface area contributed by atoms with Crippen LogP contribution in [0.3, 0.4) is 0 Å². The van der Waals surface area contributed by atoms with Crippen molar-refractivity contribution in [2.24, 2.45) is 7.05 Å². The maximum absolute atomic E-state index is 13.4. The van der Waals surface area contributed by atoms with Crippen LogP contribution in [0.1, 0.15) is 46.7 Å². The van der Waals surface area contributed by atoms with Gasteiger partial charge in [0.25, 0.3) is 5.56 Å². The SMILES string of the molecule is Cc1cc(C(=O)CN2CCCCC2)c(C)n1-c1c(C)n(C)n(-c2ccccc2)c1=O. The van der Waals surface area contributed by atoms with Gasteiger partial charge in [-0.15, -0.1) is 0 Å². The van der Waals surface area contributed by atoms with Crippen molar-refractivity contribution < 1.29 is 4.79 Å². The van der Waals surface area contributed by atoms with Gasteiger partial charge < -0.3 is 4.57 Å². The fourth-order valence-corrected chi connectivity index (χ4v) is 4.61. The van der Waals surface area contributed by atoms with E-state index in [0.29, 0.717) is 17.8 Å². The van der Waals surface area contributed by atoms with Gasteiger partial charge in [-0.3, -0.25) is 19.2 Å². The normalized spacial score (nSPS) is 14.9. The molecule has 30 heavy (non-hydrogen) atoms. The molecule has 1 aliphatic heterocycles. The van der Waals surface area contributed by atoms with E-state index in [-0.39, 0.29) is 11.3 Å². The minimum Gasteiger partial charge on any atom is -0.311 e. The molecule has 3 heterocycles. The Morgan fingerprint density at radius 2 is 1.63 bits per heavy atom. The third-order valence-electron chi connectivity index (χ3n) is 6.29. The second-order valence-corrected chi connectivity index (χ2v) is 8.29. The molecular weight excluding hydrogens is 376 g/mol. The first-order valence-corrected chi connectivity index (χ1v) is 10.7. The first kappa shape index (κ1) is 20.4. The number of piperidine rings is 1. The number of benzene rings is 1. The van der Waals surface area contributed by atoms with Crippen molar-refractivity contribution in [1.82, 2.24) is 18.8 Å². The van der Waals surface area contributed by atoms with Crippen molar-refractivity contribution in [3.8, 4) is 11.4 Å². The minimum atomic E-state index is -0.0852. The van der Waals surface area contributed by atoms with Crippen LogP contribution in [0, 0.1) is 20.8 Å². The van der Waals surface area contributed by atoms with E-state index in [1.54, 1.807) is 4.68 Å². The number of hydrogen-bond acceptors (Lipinski definition) is 3. The first-order valence-electron chi connectivity index (χ1n) is 10.7. The Bertz CT molecular complexity index is 1130. The summed E-state index contributed by atoms with van der Waals surface area (Å²) in [5, 5.41) is 0. The molecule has 0 atom stereocenters. The number of aromatic nitrogens is 3. The number of Topliss-reactive ketones (excluding diaryl/α,β-unsaturated/α-hetero) is 1. The Labute approximate surface area is 177 Å². The highest BCUT2D eigenvalue weighted by atomic mass is 16.1. The van der Waals surface area contributed by atoms with Crippen LogP contribution >= 0.6 is 0 Å². The average Bonchev–Trinajstić information content (AvgIpc) is 3.15. The molecule has 0 unspecified atom stereocenters. The number of ketones is 1. The number of carbonyl (C=O) groups is 1.